The fourth-order valence-corrected chi connectivity index (χ4v) is 3.43. The monoisotopic (exact) mass is 430 g/mol. The van der Waals surface area contributed by atoms with Crippen molar-refractivity contribution in [1.82, 2.24) is 10.3 Å². The number of halogens is 1. The third-order valence-electron chi connectivity index (χ3n) is 4.85. The summed E-state index contributed by atoms with van der Waals surface area (Å²) in [5, 5.41) is 9.31. The number of carbonyl (C=O) groups excluding carboxylic acids is 2. The molecule has 0 saturated carbocycles. The van der Waals surface area contributed by atoms with E-state index >= 15 is 0 Å². The number of carbonyl (C=O) groups is 2. The molecule has 2 heterocycles. The highest BCUT2D eigenvalue weighted by Crippen LogP contribution is 2.35. The zero-order valence-electron chi connectivity index (χ0n) is 17.4. The van der Waals surface area contributed by atoms with Crippen molar-refractivity contribution in [3.05, 3.63) is 46.6 Å². The number of anilines is 2. The van der Waals surface area contributed by atoms with Gasteiger partial charge in [0.2, 0.25) is 5.91 Å². The maximum Gasteiger partial charge on any atom is 0.259 e. The summed E-state index contributed by atoms with van der Waals surface area (Å²) in [6.07, 6.45) is 2.94. The Balaban J connectivity index is 1.82. The van der Waals surface area contributed by atoms with Crippen LogP contribution in [0.25, 0.3) is 0 Å². The van der Waals surface area contributed by atoms with Crippen molar-refractivity contribution in [3.63, 3.8) is 0 Å². The number of hydrogen-bond donors (Lipinski definition) is 3. The summed E-state index contributed by atoms with van der Waals surface area (Å²) >= 11 is 6.21. The van der Waals surface area contributed by atoms with Gasteiger partial charge in [0.1, 0.15) is 11.6 Å². The van der Waals surface area contributed by atoms with E-state index in [1.165, 1.54) is 6.07 Å². The predicted molar refractivity (Wildman–Crippen MR) is 118 cm³/mol. The van der Waals surface area contributed by atoms with E-state index in [4.69, 9.17) is 16.3 Å². The summed E-state index contributed by atoms with van der Waals surface area (Å²) in [5.41, 5.74) is 1.55. The van der Waals surface area contributed by atoms with Crippen molar-refractivity contribution < 1.29 is 14.3 Å². The number of ether oxygens (including phenoxy) is 1. The first-order valence-corrected chi connectivity index (χ1v) is 10.5. The maximum atomic E-state index is 12.9. The first-order valence-electron chi connectivity index (χ1n) is 10.1. The Morgan fingerprint density at radius 1 is 1.37 bits per heavy atom. The van der Waals surface area contributed by atoms with Gasteiger partial charge in [0.05, 0.1) is 17.9 Å². The molecule has 0 fully saturated rings. The molecular formula is C22H27ClN4O3. The van der Waals surface area contributed by atoms with Crippen LogP contribution in [-0.2, 0) is 4.79 Å². The van der Waals surface area contributed by atoms with Crippen molar-refractivity contribution in [2.24, 2.45) is 5.92 Å². The van der Waals surface area contributed by atoms with Gasteiger partial charge in [-0.1, -0.05) is 31.5 Å². The lowest BCUT2D eigenvalue weighted by Crippen LogP contribution is -2.32. The van der Waals surface area contributed by atoms with Gasteiger partial charge in [0, 0.05) is 29.2 Å². The van der Waals surface area contributed by atoms with E-state index in [0.29, 0.717) is 47.8 Å². The van der Waals surface area contributed by atoms with Crippen molar-refractivity contribution >= 4 is 34.9 Å². The van der Waals surface area contributed by atoms with Crippen LogP contribution in [-0.4, -0.2) is 36.0 Å². The molecule has 1 atom stereocenters. The van der Waals surface area contributed by atoms with Crippen molar-refractivity contribution in [3.8, 4) is 5.75 Å². The van der Waals surface area contributed by atoms with E-state index in [1.807, 2.05) is 13.0 Å². The molecule has 1 aliphatic heterocycles. The van der Waals surface area contributed by atoms with Crippen LogP contribution in [0.1, 0.15) is 42.6 Å². The van der Waals surface area contributed by atoms with Gasteiger partial charge in [-0.2, -0.15) is 0 Å². The molecule has 0 aliphatic carbocycles. The Morgan fingerprint density at radius 2 is 2.17 bits per heavy atom. The number of aryl methyl sites for hydroxylation is 1. The SMILES string of the molecule is Cc1ccc(NC(=O)c2cc(Cl)cc3c2NC(=O)C(CCNC(C)C)CCO3)nc1. The quantitative estimate of drug-likeness (QED) is 0.643. The summed E-state index contributed by atoms with van der Waals surface area (Å²) in [4.78, 5) is 30.0. The Bertz CT molecular complexity index is 915. The van der Waals surface area contributed by atoms with E-state index in [1.54, 1.807) is 18.3 Å². The van der Waals surface area contributed by atoms with E-state index in [0.717, 1.165) is 12.1 Å². The highest BCUT2D eigenvalue weighted by atomic mass is 35.5. The molecule has 8 heteroatoms. The molecule has 160 valence electrons. The van der Waals surface area contributed by atoms with Gasteiger partial charge < -0.3 is 20.7 Å². The molecule has 7 nitrogen and oxygen atoms in total. The first-order chi connectivity index (χ1) is 14.3. The number of benzene rings is 1. The average molecular weight is 431 g/mol. The van der Waals surface area contributed by atoms with Crippen molar-refractivity contribution in [1.29, 1.82) is 0 Å². The minimum absolute atomic E-state index is 0.130. The van der Waals surface area contributed by atoms with Gasteiger partial charge in [0.15, 0.2) is 0 Å². The molecular weight excluding hydrogens is 404 g/mol. The lowest BCUT2D eigenvalue weighted by atomic mass is 9.99. The number of aromatic nitrogens is 1. The zero-order chi connectivity index (χ0) is 21.7. The van der Waals surface area contributed by atoms with Gasteiger partial charge in [-0.15, -0.1) is 0 Å². The number of pyridine rings is 1. The van der Waals surface area contributed by atoms with Gasteiger partial charge in [-0.3, -0.25) is 9.59 Å². The molecule has 30 heavy (non-hydrogen) atoms. The van der Waals surface area contributed by atoms with Crippen LogP contribution in [0.4, 0.5) is 11.5 Å². The lowest BCUT2D eigenvalue weighted by Gasteiger charge is -2.24. The number of fused-ring (bicyclic) bond motifs is 1. The van der Waals surface area contributed by atoms with Crippen molar-refractivity contribution in [2.75, 3.05) is 23.8 Å². The molecule has 0 saturated heterocycles. The number of nitrogens with one attached hydrogen (secondary N) is 3. The molecule has 3 N–H and O–H groups in total. The fourth-order valence-electron chi connectivity index (χ4n) is 3.22. The van der Waals surface area contributed by atoms with Crippen LogP contribution < -0.4 is 20.7 Å². The second kappa shape index (κ2) is 9.91. The van der Waals surface area contributed by atoms with E-state index in [-0.39, 0.29) is 17.4 Å². The summed E-state index contributed by atoms with van der Waals surface area (Å²) in [7, 11) is 0. The highest BCUT2D eigenvalue weighted by Gasteiger charge is 2.26. The van der Waals surface area contributed by atoms with Crippen LogP contribution in [0.15, 0.2) is 30.5 Å². The average Bonchev–Trinajstić information content (AvgIpc) is 2.68. The normalized spacial score (nSPS) is 16.2. The summed E-state index contributed by atoms with van der Waals surface area (Å²) < 4.78 is 5.86. The molecule has 1 aromatic heterocycles. The van der Waals surface area contributed by atoms with Crippen LogP contribution >= 0.6 is 11.6 Å². The van der Waals surface area contributed by atoms with E-state index < -0.39 is 5.91 Å². The Kier molecular flexibility index (Phi) is 7.29. The van der Waals surface area contributed by atoms with Gasteiger partial charge in [-0.25, -0.2) is 4.98 Å². The fraction of sp³-hybridized carbons (Fsp3) is 0.409. The minimum Gasteiger partial charge on any atom is -0.491 e. The second-order valence-electron chi connectivity index (χ2n) is 7.72. The molecule has 1 aromatic carbocycles. The molecule has 0 bridgehead atoms. The van der Waals surface area contributed by atoms with Crippen LogP contribution in [0.2, 0.25) is 5.02 Å². The molecule has 2 amide bonds. The summed E-state index contributed by atoms with van der Waals surface area (Å²) in [5.74, 6) is 0.0315. The highest BCUT2D eigenvalue weighted by molar-refractivity contribution is 6.31. The summed E-state index contributed by atoms with van der Waals surface area (Å²) in [6, 6.07) is 7.05. The van der Waals surface area contributed by atoms with Gasteiger partial charge >= 0.3 is 0 Å². The number of hydrogen-bond acceptors (Lipinski definition) is 5. The first kappa shape index (κ1) is 22.1. The third kappa shape index (κ3) is 5.70. The van der Waals surface area contributed by atoms with Crippen LogP contribution in [0, 0.1) is 12.8 Å². The van der Waals surface area contributed by atoms with Crippen LogP contribution in [0.3, 0.4) is 0 Å². The Hall–Kier alpha value is -2.64. The number of rotatable bonds is 6. The standard InChI is InChI=1S/C22H27ClN4O3/c1-13(2)24-8-6-15-7-9-30-18-11-16(23)10-17(20(18)27-21(15)28)22(29)26-19-5-4-14(3)12-25-19/h4-5,10-13,15,24H,6-9H2,1-3H3,(H,27,28)(H,25,26,29). The smallest absolute Gasteiger partial charge is 0.259 e. The Labute approximate surface area is 181 Å². The van der Waals surface area contributed by atoms with Crippen LogP contribution in [0.5, 0.6) is 5.75 Å². The van der Waals surface area contributed by atoms with Gasteiger partial charge in [-0.05, 0) is 44.0 Å². The topological polar surface area (TPSA) is 92.4 Å². The summed E-state index contributed by atoms with van der Waals surface area (Å²) in [6.45, 7) is 7.14. The molecule has 1 aliphatic rings. The van der Waals surface area contributed by atoms with E-state index in [9.17, 15) is 9.59 Å². The molecule has 1 unspecified atom stereocenters. The van der Waals surface area contributed by atoms with E-state index in [2.05, 4.69) is 34.8 Å². The largest absolute Gasteiger partial charge is 0.491 e. The predicted octanol–water partition coefficient (Wildman–Crippen LogP) is 4.02. The molecule has 0 spiro atoms. The molecule has 3 rings (SSSR count). The molecule has 0 radical (unpaired) electrons. The maximum absolute atomic E-state index is 12.9. The number of amides is 2. The lowest BCUT2D eigenvalue weighted by molar-refractivity contribution is -0.120. The second-order valence-corrected chi connectivity index (χ2v) is 8.16. The molecule has 2 aromatic rings. The Morgan fingerprint density at radius 3 is 2.87 bits per heavy atom. The zero-order valence-corrected chi connectivity index (χ0v) is 18.2. The van der Waals surface area contributed by atoms with Gasteiger partial charge in [0.25, 0.3) is 5.91 Å². The third-order valence-corrected chi connectivity index (χ3v) is 5.07. The number of nitrogens with zero attached hydrogens (tertiary/aromatic N) is 1. The van der Waals surface area contributed by atoms with Crippen molar-refractivity contribution in [2.45, 2.75) is 39.7 Å². The minimum atomic E-state index is -0.424.